The molecule has 1 aromatic heterocycles. The summed E-state index contributed by atoms with van der Waals surface area (Å²) in [6.45, 7) is 3.90. The van der Waals surface area contributed by atoms with Gasteiger partial charge in [-0.2, -0.15) is 0 Å². The summed E-state index contributed by atoms with van der Waals surface area (Å²) in [5.41, 5.74) is 1.57. The fraction of sp³-hybridized carbons (Fsp3) is 0.167. The zero-order chi connectivity index (χ0) is 22.8. The first-order chi connectivity index (χ1) is 15.4. The highest BCUT2D eigenvalue weighted by Crippen LogP contribution is 2.37. The second-order valence-electron chi connectivity index (χ2n) is 7.31. The monoisotopic (exact) mass is 468 g/mol. The molecule has 2 heterocycles. The number of halogens is 1. The number of rotatable bonds is 7. The Labute approximate surface area is 195 Å². The van der Waals surface area contributed by atoms with Crippen LogP contribution >= 0.6 is 22.9 Å². The van der Waals surface area contributed by atoms with Gasteiger partial charge in [0, 0.05) is 10.6 Å². The first kappa shape index (κ1) is 21.9. The standard InChI is InChI=1S/C24H21ClN2O4S/c1-14(2)31-17-9-6-15(7-10-17)26-22-21(20-5-4-12-32-20)23(28)27(24(22)29)16-8-11-19(30-3)18(25)13-16/h4-14,26H,1-3H3. The maximum Gasteiger partial charge on any atom is 0.282 e. The molecule has 0 spiro atoms. The van der Waals surface area contributed by atoms with Gasteiger partial charge in [-0.05, 0) is 67.8 Å². The van der Waals surface area contributed by atoms with Crippen LogP contribution in [0.4, 0.5) is 11.4 Å². The Morgan fingerprint density at radius 1 is 1.03 bits per heavy atom. The van der Waals surface area contributed by atoms with Crippen LogP contribution in [0.2, 0.25) is 5.02 Å². The van der Waals surface area contributed by atoms with Gasteiger partial charge in [0.25, 0.3) is 11.8 Å². The molecule has 0 fully saturated rings. The summed E-state index contributed by atoms with van der Waals surface area (Å²) in [4.78, 5) is 28.6. The van der Waals surface area contributed by atoms with Crippen molar-refractivity contribution in [3.8, 4) is 11.5 Å². The lowest BCUT2D eigenvalue weighted by molar-refractivity contribution is -0.120. The van der Waals surface area contributed by atoms with Crippen LogP contribution in [-0.4, -0.2) is 25.0 Å². The van der Waals surface area contributed by atoms with Gasteiger partial charge in [0.05, 0.1) is 29.5 Å². The number of anilines is 2. The van der Waals surface area contributed by atoms with Gasteiger partial charge in [-0.1, -0.05) is 17.7 Å². The highest BCUT2D eigenvalue weighted by atomic mass is 35.5. The van der Waals surface area contributed by atoms with E-state index < -0.39 is 11.8 Å². The minimum absolute atomic E-state index is 0.0564. The van der Waals surface area contributed by atoms with Crippen LogP contribution in [0.5, 0.6) is 11.5 Å². The van der Waals surface area contributed by atoms with E-state index in [1.165, 1.54) is 18.4 Å². The van der Waals surface area contributed by atoms with E-state index in [-0.39, 0.29) is 11.8 Å². The van der Waals surface area contributed by atoms with E-state index in [9.17, 15) is 9.59 Å². The van der Waals surface area contributed by atoms with E-state index >= 15 is 0 Å². The number of amides is 2. The topological polar surface area (TPSA) is 67.9 Å². The number of hydrogen-bond donors (Lipinski definition) is 1. The number of nitrogens with zero attached hydrogens (tertiary/aromatic N) is 1. The van der Waals surface area contributed by atoms with E-state index in [4.69, 9.17) is 21.1 Å². The van der Waals surface area contributed by atoms with E-state index in [0.717, 1.165) is 10.6 Å². The van der Waals surface area contributed by atoms with Gasteiger partial charge >= 0.3 is 0 Å². The number of imide groups is 1. The van der Waals surface area contributed by atoms with Crippen molar-refractivity contribution in [3.63, 3.8) is 0 Å². The molecule has 0 saturated heterocycles. The van der Waals surface area contributed by atoms with Crippen molar-refractivity contribution in [2.45, 2.75) is 20.0 Å². The lowest BCUT2D eigenvalue weighted by atomic mass is 10.2. The van der Waals surface area contributed by atoms with Crippen molar-refractivity contribution in [1.82, 2.24) is 0 Å². The van der Waals surface area contributed by atoms with Gasteiger partial charge in [0.15, 0.2) is 0 Å². The summed E-state index contributed by atoms with van der Waals surface area (Å²) in [6, 6.07) is 15.7. The minimum atomic E-state index is -0.456. The van der Waals surface area contributed by atoms with Crippen LogP contribution in [-0.2, 0) is 9.59 Å². The maximum absolute atomic E-state index is 13.4. The molecule has 2 aromatic carbocycles. The Hall–Kier alpha value is -3.29. The van der Waals surface area contributed by atoms with Gasteiger partial charge in [0.2, 0.25) is 0 Å². The number of carbonyl (C=O) groups is 2. The number of hydrogen-bond acceptors (Lipinski definition) is 6. The second-order valence-corrected chi connectivity index (χ2v) is 8.66. The molecule has 164 valence electrons. The molecule has 4 rings (SSSR count). The maximum atomic E-state index is 13.4. The van der Waals surface area contributed by atoms with Crippen molar-refractivity contribution in [3.05, 3.63) is 75.6 Å². The summed E-state index contributed by atoms with van der Waals surface area (Å²) in [7, 11) is 1.50. The Kier molecular flexibility index (Phi) is 6.21. The summed E-state index contributed by atoms with van der Waals surface area (Å²) in [6.07, 6.45) is 0.0564. The minimum Gasteiger partial charge on any atom is -0.495 e. The third-order valence-electron chi connectivity index (χ3n) is 4.74. The summed E-state index contributed by atoms with van der Waals surface area (Å²) >= 11 is 7.64. The second kappa shape index (κ2) is 9.06. The number of carbonyl (C=O) groups excluding carboxylic acids is 2. The summed E-state index contributed by atoms with van der Waals surface area (Å²) in [5.74, 6) is 0.312. The Balaban J connectivity index is 1.70. The molecular formula is C24H21ClN2O4S. The summed E-state index contributed by atoms with van der Waals surface area (Å²) in [5, 5.41) is 5.31. The van der Waals surface area contributed by atoms with Crippen LogP contribution in [0, 0.1) is 0 Å². The van der Waals surface area contributed by atoms with Crippen LogP contribution in [0.25, 0.3) is 5.57 Å². The molecule has 0 atom stereocenters. The van der Waals surface area contributed by atoms with Gasteiger partial charge in [-0.25, -0.2) is 4.90 Å². The molecule has 8 heteroatoms. The van der Waals surface area contributed by atoms with E-state index in [1.807, 2.05) is 43.5 Å². The molecule has 3 aromatic rings. The summed E-state index contributed by atoms with van der Waals surface area (Å²) < 4.78 is 10.9. The molecule has 1 aliphatic heterocycles. The van der Waals surface area contributed by atoms with E-state index in [1.54, 1.807) is 30.3 Å². The third-order valence-corrected chi connectivity index (χ3v) is 5.92. The number of nitrogens with one attached hydrogen (secondary N) is 1. The largest absolute Gasteiger partial charge is 0.495 e. The first-order valence-electron chi connectivity index (χ1n) is 9.93. The predicted molar refractivity (Wildman–Crippen MR) is 128 cm³/mol. The molecule has 32 heavy (non-hydrogen) atoms. The molecular weight excluding hydrogens is 448 g/mol. The van der Waals surface area contributed by atoms with Gasteiger partial charge < -0.3 is 14.8 Å². The third kappa shape index (κ3) is 4.22. The fourth-order valence-electron chi connectivity index (χ4n) is 3.36. The highest BCUT2D eigenvalue weighted by molar-refractivity contribution is 7.11. The molecule has 0 bridgehead atoms. The molecule has 0 unspecified atom stereocenters. The average molecular weight is 469 g/mol. The average Bonchev–Trinajstić information content (AvgIpc) is 3.36. The quantitative estimate of drug-likeness (QED) is 0.457. The first-order valence-corrected chi connectivity index (χ1v) is 11.2. The molecule has 0 radical (unpaired) electrons. The Morgan fingerprint density at radius 3 is 2.38 bits per heavy atom. The molecule has 1 N–H and O–H groups in total. The van der Waals surface area contributed by atoms with E-state index in [0.29, 0.717) is 32.6 Å². The van der Waals surface area contributed by atoms with Crippen LogP contribution in [0.15, 0.2) is 65.7 Å². The number of benzene rings is 2. The predicted octanol–water partition coefficient (Wildman–Crippen LogP) is 5.59. The van der Waals surface area contributed by atoms with Gasteiger partial charge in [-0.3, -0.25) is 9.59 Å². The van der Waals surface area contributed by atoms with Gasteiger partial charge in [-0.15, -0.1) is 11.3 Å². The smallest absolute Gasteiger partial charge is 0.282 e. The zero-order valence-electron chi connectivity index (χ0n) is 17.7. The lowest BCUT2D eigenvalue weighted by Crippen LogP contribution is -2.32. The van der Waals surface area contributed by atoms with Crippen LogP contribution < -0.4 is 19.7 Å². The van der Waals surface area contributed by atoms with E-state index in [2.05, 4.69) is 5.32 Å². The SMILES string of the molecule is COc1ccc(N2C(=O)C(Nc3ccc(OC(C)C)cc3)=C(c3cccs3)C2=O)cc1Cl. The molecule has 2 amide bonds. The molecule has 0 aliphatic carbocycles. The fourth-order valence-corrected chi connectivity index (χ4v) is 4.38. The lowest BCUT2D eigenvalue weighted by Gasteiger charge is -2.16. The zero-order valence-corrected chi connectivity index (χ0v) is 19.3. The van der Waals surface area contributed by atoms with Crippen LogP contribution in [0.1, 0.15) is 18.7 Å². The molecule has 1 aliphatic rings. The van der Waals surface area contributed by atoms with Crippen molar-refractivity contribution in [1.29, 1.82) is 0 Å². The molecule has 0 saturated carbocycles. The number of methoxy groups -OCH3 is 1. The van der Waals surface area contributed by atoms with Crippen LogP contribution in [0.3, 0.4) is 0 Å². The van der Waals surface area contributed by atoms with Crippen molar-refractivity contribution < 1.29 is 19.1 Å². The van der Waals surface area contributed by atoms with Crippen molar-refractivity contribution in [2.24, 2.45) is 0 Å². The molecule has 6 nitrogen and oxygen atoms in total. The van der Waals surface area contributed by atoms with Gasteiger partial charge in [0.1, 0.15) is 17.2 Å². The Bertz CT molecular complexity index is 1190. The van der Waals surface area contributed by atoms with Crippen molar-refractivity contribution in [2.75, 3.05) is 17.3 Å². The Morgan fingerprint density at radius 2 is 1.78 bits per heavy atom. The number of ether oxygens (including phenoxy) is 2. The van der Waals surface area contributed by atoms with Crippen molar-refractivity contribution >= 4 is 51.7 Å². The number of thiophene rings is 1. The highest BCUT2D eigenvalue weighted by Gasteiger charge is 2.41. The normalized spacial score (nSPS) is 13.8.